The van der Waals surface area contributed by atoms with Crippen LogP contribution in [0.3, 0.4) is 0 Å². The van der Waals surface area contributed by atoms with Gasteiger partial charge >= 0.3 is 6.18 Å². The van der Waals surface area contributed by atoms with Crippen molar-refractivity contribution in [3.05, 3.63) is 35.5 Å². The number of hydrogen-bond donors (Lipinski definition) is 1. The van der Waals surface area contributed by atoms with Gasteiger partial charge < -0.3 is 9.63 Å². The van der Waals surface area contributed by atoms with Crippen LogP contribution in [0, 0.1) is 11.3 Å². The number of nitriles is 1. The molecule has 0 unspecified atom stereocenters. The van der Waals surface area contributed by atoms with Crippen LogP contribution in [0.5, 0.6) is 5.75 Å². The summed E-state index contributed by atoms with van der Waals surface area (Å²) in [5.74, 6) is -0.657. The Hall–Kier alpha value is -2.49. The Labute approximate surface area is 98.9 Å². The maximum Gasteiger partial charge on any atom is 0.436 e. The van der Waals surface area contributed by atoms with Crippen LogP contribution in [0.1, 0.15) is 11.3 Å². The topological polar surface area (TPSA) is 70.0 Å². The van der Waals surface area contributed by atoms with Crippen molar-refractivity contribution in [3.8, 4) is 23.1 Å². The molecule has 0 bridgehead atoms. The first-order chi connectivity index (χ1) is 8.43. The van der Waals surface area contributed by atoms with E-state index in [4.69, 9.17) is 5.26 Å². The van der Waals surface area contributed by atoms with E-state index in [1.54, 1.807) is 6.07 Å². The maximum absolute atomic E-state index is 12.3. The van der Waals surface area contributed by atoms with E-state index in [1.165, 1.54) is 18.2 Å². The molecule has 0 spiro atoms. The molecule has 0 saturated carbocycles. The van der Waals surface area contributed by atoms with Crippen LogP contribution in [0.25, 0.3) is 11.3 Å². The summed E-state index contributed by atoms with van der Waals surface area (Å²) in [6.07, 6.45) is -4.64. The molecule has 92 valence electrons. The van der Waals surface area contributed by atoms with E-state index in [0.717, 1.165) is 0 Å². The summed E-state index contributed by atoms with van der Waals surface area (Å²) in [6, 6.07) is 6.38. The fourth-order valence-corrected chi connectivity index (χ4v) is 1.42. The number of benzene rings is 1. The van der Waals surface area contributed by atoms with E-state index in [0.29, 0.717) is 6.07 Å². The van der Waals surface area contributed by atoms with E-state index in [9.17, 15) is 18.3 Å². The standard InChI is InChI=1S/C11H5F3N2O2/c12-11(13,14)9-4-8(18-16-9)10-6(5-15)2-1-3-7(10)17/h1-4,17H. The molecule has 0 fully saturated rings. The normalized spacial score (nSPS) is 11.2. The van der Waals surface area contributed by atoms with Crippen molar-refractivity contribution in [3.63, 3.8) is 0 Å². The Morgan fingerprint density at radius 2 is 2.06 bits per heavy atom. The van der Waals surface area contributed by atoms with Gasteiger partial charge in [-0.3, -0.25) is 0 Å². The average molecular weight is 254 g/mol. The quantitative estimate of drug-likeness (QED) is 0.849. The molecule has 1 aromatic carbocycles. The minimum atomic E-state index is -4.64. The van der Waals surface area contributed by atoms with Crippen LogP contribution >= 0.6 is 0 Å². The highest BCUT2D eigenvalue weighted by Gasteiger charge is 2.35. The molecule has 0 atom stereocenters. The first kappa shape index (κ1) is 12.0. The molecule has 0 aliphatic heterocycles. The number of aromatic nitrogens is 1. The summed E-state index contributed by atoms with van der Waals surface area (Å²) in [6.45, 7) is 0. The van der Waals surface area contributed by atoms with Crippen LogP contribution in [0.4, 0.5) is 13.2 Å². The van der Waals surface area contributed by atoms with Crippen molar-refractivity contribution >= 4 is 0 Å². The minimum absolute atomic E-state index is 0.000116. The second kappa shape index (κ2) is 4.07. The molecule has 1 N–H and O–H groups in total. The first-order valence-electron chi connectivity index (χ1n) is 4.70. The van der Waals surface area contributed by atoms with Gasteiger partial charge in [-0.05, 0) is 12.1 Å². The highest BCUT2D eigenvalue weighted by Crippen LogP contribution is 2.36. The molecule has 18 heavy (non-hydrogen) atoms. The van der Waals surface area contributed by atoms with Crippen LogP contribution in [-0.4, -0.2) is 10.3 Å². The van der Waals surface area contributed by atoms with Gasteiger partial charge in [0.15, 0.2) is 11.5 Å². The van der Waals surface area contributed by atoms with Crippen molar-refractivity contribution in [1.82, 2.24) is 5.16 Å². The zero-order valence-corrected chi connectivity index (χ0v) is 8.69. The average Bonchev–Trinajstić information content (AvgIpc) is 2.77. The predicted octanol–water partition coefficient (Wildman–Crippen LogP) is 2.94. The second-order valence-corrected chi connectivity index (χ2v) is 3.39. The Kier molecular flexibility index (Phi) is 2.71. The number of alkyl halides is 3. The number of hydrogen-bond acceptors (Lipinski definition) is 4. The van der Waals surface area contributed by atoms with Crippen molar-refractivity contribution in [2.24, 2.45) is 0 Å². The maximum atomic E-state index is 12.3. The molecule has 0 saturated heterocycles. The van der Waals surface area contributed by atoms with Gasteiger partial charge in [0.1, 0.15) is 11.8 Å². The molecule has 7 heteroatoms. The third kappa shape index (κ3) is 2.00. The van der Waals surface area contributed by atoms with Crippen molar-refractivity contribution in [2.45, 2.75) is 6.18 Å². The third-order valence-corrected chi connectivity index (χ3v) is 2.21. The summed E-state index contributed by atoms with van der Waals surface area (Å²) >= 11 is 0. The minimum Gasteiger partial charge on any atom is -0.507 e. The van der Waals surface area contributed by atoms with Gasteiger partial charge in [0, 0.05) is 6.07 Å². The lowest BCUT2D eigenvalue weighted by molar-refractivity contribution is -0.142. The number of aromatic hydroxyl groups is 1. The zero-order chi connectivity index (χ0) is 13.3. The molecule has 2 aromatic rings. The molecule has 1 heterocycles. The smallest absolute Gasteiger partial charge is 0.436 e. The number of halogens is 3. The molecule has 1 aromatic heterocycles. The molecule has 0 aliphatic carbocycles. The summed E-state index contributed by atoms with van der Waals surface area (Å²) < 4.78 is 41.6. The summed E-state index contributed by atoms with van der Waals surface area (Å²) in [5, 5.41) is 21.3. The third-order valence-electron chi connectivity index (χ3n) is 2.21. The molecule has 0 radical (unpaired) electrons. The van der Waals surface area contributed by atoms with Crippen molar-refractivity contribution in [2.75, 3.05) is 0 Å². The highest BCUT2D eigenvalue weighted by atomic mass is 19.4. The molecule has 2 rings (SSSR count). The Balaban J connectivity index is 2.57. The molecule has 0 amide bonds. The van der Waals surface area contributed by atoms with Crippen LogP contribution in [0.15, 0.2) is 28.8 Å². The van der Waals surface area contributed by atoms with E-state index < -0.39 is 11.9 Å². The van der Waals surface area contributed by atoms with Gasteiger partial charge in [0.05, 0.1) is 11.1 Å². The van der Waals surface area contributed by atoms with Gasteiger partial charge in [-0.1, -0.05) is 11.2 Å². The lowest BCUT2D eigenvalue weighted by atomic mass is 10.0. The van der Waals surface area contributed by atoms with Gasteiger partial charge in [-0.25, -0.2) is 0 Å². The Morgan fingerprint density at radius 1 is 1.33 bits per heavy atom. The molecular weight excluding hydrogens is 249 g/mol. The first-order valence-corrected chi connectivity index (χ1v) is 4.70. The fraction of sp³-hybridized carbons (Fsp3) is 0.0909. The lowest BCUT2D eigenvalue weighted by Crippen LogP contribution is -2.04. The fourth-order valence-electron chi connectivity index (χ4n) is 1.42. The van der Waals surface area contributed by atoms with Gasteiger partial charge in [0.25, 0.3) is 0 Å². The van der Waals surface area contributed by atoms with Crippen LogP contribution in [0.2, 0.25) is 0 Å². The predicted molar refractivity (Wildman–Crippen MR) is 53.3 cm³/mol. The monoisotopic (exact) mass is 254 g/mol. The lowest BCUT2D eigenvalue weighted by Gasteiger charge is -2.01. The van der Waals surface area contributed by atoms with Gasteiger partial charge in [-0.15, -0.1) is 0 Å². The van der Waals surface area contributed by atoms with Crippen LogP contribution < -0.4 is 0 Å². The van der Waals surface area contributed by atoms with Gasteiger partial charge in [0.2, 0.25) is 0 Å². The van der Waals surface area contributed by atoms with E-state index >= 15 is 0 Å². The van der Waals surface area contributed by atoms with Crippen LogP contribution in [-0.2, 0) is 6.18 Å². The second-order valence-electron chi connectivity index (χ2n) is 3.39. The van der Waals surface area contributed by atoms with Crippen molar-refractivity contribution in [1.29, 1.82) is 5.26 Å². The largest absolute Gasteiger partial charge is 0.507 e. The number of phenolic OH excluding ortho intramolecular Hbond substituents is 1. The molecule has 4 nitrogen and oxygen atoms in total. The summed E-state index contributed by atoms with van der Waals surface area (Å²) in [7, 11) is 0. The SMILES string of the molecule is N#Cc1cccc(O)c1-c1cc(C(F)(F)F)no1. The van der Waals surface area contributed by atoms with E-state index in [-0.39, 0.29) is 22.6 Å². The number of rotatable bonds is 1. The highest BCUT2D eigenvalue weighted by molar-refractivity contribution is 5.72. The zero-order valence-electron chi connectivity index (χ0n) is 8.69. The van der Waals surface area contributed by atoms with E-state index in [1.807, 2.05) is 0 Å². The Bertz CT molecular complexity index is 626. The molecular formula is C11H5F3N2O2. The summed E-state index contributed by atoms with van der Waals surface area (Å²) in [4.78, 5) is 0. The Morgan fingerprint density at radius 3 is 2.61 bits per heavy atom. The molecule has 0 aliphatic rings. The number of nitrogens with zero attached hydrogens (tertiary/aromatic N) is 2. The van der Waals surface area contributed by atoms with Crippen molar-refractivity contribution < 1.29 is 22.8 Å². The van der Waals surface area contributed by atoms with Gasteiger partial charge in [-0.2, -0.15) is 18.4 Å². The van der Waals surface area contributed by atoms with E-state index in [2.05, 4.69) is 9.68 Å². The number of phenols is 1. The summed E-state index contributed by atoms with van der Waals surface area (Å²) in [5.41, 5.74) is -1.33.